The Morgan fingerprint density at radius 3 is 2.74 bits per heavy atom. The van der Waals surface area contributed by atoms with Crippen molar-refractivity contribution in [1.82, 2.24) is 15.2 Å². The van der Waals surface area contributed by atoms with Crippen molar-refractivity contribution in [2.24, 2.45) is 11.8 Å². The summed E-state index contributed by atoms with van der Waals surface area (Å²) in [4.78, 5) is 19.6. The maximum absolute atomic E-state index is 13.3. The molecule has 0 saturated carbocycles. The van der Waals surface area contributed by atoms with Crippen molar-refractivity contribution in [2.45, 2.75) is 47.2 Å². The van der Waals surface area contributed by atoms with E-state index in [9.17, 15) is 4.79 Å². The minimum Gasteiger partial charge on any atom is -0.490 e. The summed E-state index contributed by atoms with van der Waals surface area (Å²) in [7, 11) is 0. The molecule has 1 aliphatic rings. The summed E-state index contributed by atoms with van der Waals surface area (Å²) in [6, 6.07) is 9.99. The van der Waals surface area contributed by atoms with E-state index in [4.69, 9.17) is 9.47 Å². The number of aryl methyl sites for hydroxylation is 1. The van der Waals surface area contributed by atoms with Crippen LogP contribution >= 0.6 is 0 Å². The summed E-state index contributed by atoms with van der Waals surface area (Å²) >= 11 is 0. The number of nitrogens with zero attached hydrogens (tertiary/aromatic N) is 2. The molecule has 1 unspecified atom stereocenters. The minimum absolute atomic E-state index is 0.121. The average Bonchev–Trinajstić information content (AvgIpc) is 2.99. The lowest BCUT2D eigenvalue weighted by Gasteiger charge is -2.28. The van der Waals surface area contributed by atoms with Crippen molar-refractivity contribution in [3.8, 4) is 11.5 Å². The summed E-state index contributed by atoms with van der Waals surface area (Å²) < 4.78 is 11.7. The molecule has 3 rings (SSSR count). The van der Waals surface area contributed by atoms with Crippen LogP contribution in [0.5, 0.6) is 11.5 Å². The highest BCUT2D eigenvalue weighted by molar-refractivity contribution is 5.78. The second-order valence-electron chi connectivity index (χ2n) is 8.76. The number of nitrogens with one attached hydrogen (secondary N) is 1. The summed E-state index contributed by atoms with van der Waals surface area (Å²) in [5, 5.41) is 3.36. The van der Waals surface area contributed by atoms with Crippen LogP contribution in [0.25, 0.3) is 0 Å². The Morgan fingerprint density at radius 2 is 2.00 bits per heavy atom. The van der Waals surface area contributed by atoms with Gasteiger partial charge in [0.1, 0.15) is 0 Å². The lowest BCUT2D eigenvalue weighted by molar-refractivity contribution is -0.136. The molecule has 6 heteroatoms. The first-order chi connectivity index (χ1) is 14.9. The van der Waals surface area contributed by atoms with Gasteiger partial charge < -0.3 is 19.7 Å². The Bertz CT molecular complexity index is 855. The number of carbonyl (C=O) groups is 1. The highest BCUT2D eigenvalue weighted by Crippen LogP contribution is 2.34. The molecule has 0 bridgehead atoms. The largest absolute Gasteiger partial charge is 0.490 e. The maximum atomic E-state index is 13.3. The van der Waals surface area contributed by atoms with Crippen LogP contribution in [-0.4, -0.2) is 42.1 Å². The molecule has 0 radical (unpaired) electrons. The van der Waals surface area contributed by atoms with Crippen molar-refractivity contribution in [3.05, 3.63) is 53.3 Å². The maximum Gasteiger partial charge on any atom is 0.226 e. The lowest BCUT2D eigenvalue weighted by atomic mass is 10.1. The van der Waals surface area contributed by atoms with Crippen molar-refractivity contribution in [2.75, 3.05) is 26.3 Å². The second-order valence-corrected chi connectivity index (χ2v) is 8.76. The van der Waals surface area contributed by atoms with E-state index >= 15 is 0 Å². The molecular weight excluding hydrogens is 390 g/mol. The third kappa shape index (κ3) is 6.69. The molecule has 1 N–H and O–H groups in total. The van der Waals surface area contributed by atoms with E-state index in [0.29, 0.717) is 38.8 Å². The van der Waals surface area contributed by atoms with Crippen LogP contribution in [-0.2, 0) is 17.9 Å². The Morgan fingerprint density at radius 1 is 1.19 bits per heavy atom. The number of aromatic nitrogens is 1. The van der Waals surface area contributed by atoms with Crippen molar-refractivity contribution >= 4 is 5.91 Å². The topological polar surface area (TPSA) is 63.7 Å². The van der Waals surface area contributed by atoms with Crippen molar-refractivity contribution < 1.29 is 14.3 Å². The van der Waals surface area contributed by atoms with Crippen LogP contribution in [0.3, 0.4) is 0 Å². The first-order valence-corrected chi connectivity index (χ1v) is 11.2. The molecule has 0 fully saturated rings. The predicted molar refractivity (Wildman–Crippen MR) is 122 cm³/mol. The molecular formula is C25H35N3O3. The minimum atomic E-state index is -0.121. The molecule has 6 nitrogen and oxygen atoms in total. The number of benzene rings is 1. The number of amides is 1. The van der Waals surface area contributed by atoms with Gasteiger partial charge in [-0.05, 0) is 42.2 Å². The van der Waals surface area contributed by atoms with Gasteiger partial charge in [-0.3, -0.25) is 9.78 Å². The molecule has 2 aromatic rings. The van der Waals surface area contributed by atoms with Gasteiger partial charge in [0.25, 0.3) is 0 Å². The Kier molecular flexibility index (Phi) is 8.29. The number of carbonyl (C=O) groups excluding carboxylic acids is 1. The fourth-order valence-corrected chi connectivity index (χ4v) is 3.82. The zero-order chi connectivity index (χ0) is 22.2. The SMILES string of the molecule is Cc1cc(CN(CC(C)C)C(=O)C(C)CNCc2ccccn2)cc2c1OCCCO2. The standard InChI is InChI=1S/C25H35N3O3/c1-18(2)16-28(25(29)20(4)14-26-15-22-8-5-6-9-27-22)17-21-12-19(3)24-23(13-21)30-10-7-11-31-24/h5-6,8-9,12-13,18,20,26H,7,10-11,14-17H2,1-4H3. The van der Waals surface area contributed by atoms with E-state index in [2.05, 4.69) is 30.2 Å². The number of fused-ring (bicyclic) bond motifs is 1. The molecule has 168 valence electrons. The van der Waals surface area contributed by atoms with Crippen LogP contribution in [0.4, 0.5) is 0 Å². The van der Waals surface area contributed by atoms with Gasteiger partial charge in [-0.15, -0.1) is 0 Å². The molecule has 0 aliphatic carbocycles. The molecule has 0 spiro atoms. The predicted octanol–water partition coefficient (Wildman–Crippen LogP) is 3.96. The van der Waals surface area contributed by atoms with Gasteiger partial charge >= 0.3 is 0 Å². The van der Waals surface area contributed by atoms with Crippen molar-refractivity contribution in [1.29, 1.82) is 0 Å². The van der Waals surface area contributed by atoms with E-state index in [1.54, 1.807) is 6.20 Å². The van der Waals surface area contributed by atoms with Gasteiger partial charge in [-0.2, -0.15) is 0 Å². The molecule has 1 amide bonds. The zero-order valence-electron chi connectivity index (χ0n) is 19.2. The number of hydrogen-bond acceptors (Lipinski definition) is 5. The molecule has 0 saturated heterocycles. The third-order valence-electron chi connectivity index (χ3n) is 5.27. The fourth-order valence-electron chi connectivity index (χ4n) is 3.82. The van der Waals surface area contributed by atoms with E-state index in [0.717, 1.165) is 41.3 Å². The molecule has 1 aromatic heterocycles. The zero-order valence-corrected chi connectivity index (χ0v) is 19.2. The highest BCUT2D eigenvalue weighted by atomic mass is 16.5. The van der Waals surface area contributed by atoms with Gasteiger partial charge in [-0.1, -0.05) is 32.9 Å². The quantitative estimate of drug-likeness (QED) is 0.659. The summed E-state index contributed by atoms with van der Waals surface area (Å²) in [5.41, 5.74) is 3.10. The summed E-state index contributed by atoms with van der Waals surface area (Å²) in [5.74, 6) is 2.04. The Labute approximate surface area is 186 Å². The number of ether oxygens (including phenoxy) is 2. The van der Waals surface area contributed by atoms with E-state index in [-0.39, 0.29) is 11.8 Å². The van der Waals surface area contributed by atoms with Crippen LogP contribution in [0.1, 0.15) is 44.0 Å². The highest BCUT2D eigenvalue weighted by Gasteiger charge is 2.23. The Balaban J connectivity index is 1.65. The first-order valence-electron chi connectivity index (χ1n) is 11.2. The summed E-state index contributed by atoms with van der Waals surface area (Å²) in [6.45, 7) is 12.2. The lowest BCUT2D eigenvalue weighted by Crippen LogP contribution is -2.40. The van der Waals surface area contributed by atoms with E-state index < -0.39 is 0 Å². The molecule has 1 aliphatic heterocycles. The monoisotopic (exact) mass is 425 g/mol. The molecule has 1 aromatic carbocycles. The van der Waals surface area contributed by atoms with Crippen LogP contribution in [0, 0.1) is 18.8 Å². The third-order valence-corrected chi connectivity index (χ3v) is 5.27. The number of pyridine rings is 1. The van der Waals surface area contributed by atoms with Gasteiger partial charge in [0.05, 0.1) is 18.9 Å². The molecule has 2 heterocycles. The number of rotatable bonds is 9. The first kappa shape index (κ1) is 23.1. The normalized spacial score (nSPS) is 14.2. The van der Waals surface area contributed by atoms with Crippen LogP contribution in [0.2, 0.25) is 0 Å². The van der Waals surface area contributed by atoms with Crippen LogP contribution < -0.4 is 14.8 Å². The second kappa shape index (κ2) is 11.1. The fraction of sp³-hybridized carbons (Fsp3) is 0.520. The van der Waals surface area contributed by atoms with Crippen molar-refractivity contribution in [3.63, 3.8) is 0 Å². The van der Waals surface area contributed by atoms with Gasteiger partial charge in [-0.25, -0.2) is 0 Å². The van der Waals surface area contributed by atoms with E-state index in [1.807, 2.05) is 43.0 Å². The van der Waals surface area contributed by atoms with Gasteiger partial charge in [0.15, 0.2) is 11.5 Å². The van der Waals surface area contributed by atoms with Crippen LogP contribution in [0.15, 0.2) is 36.5 Å². The van der Waals surface area contributed by atoms with Gasteiger partial charge in [0.2, 0.25) is 5.91 Å². The smallest absolute Gasteiger partial charge is 0.226 e. The number of hydrogen-bond donors (Lipinski definition) is 1. The van der Waals surface area contributed by atoms with Gasteiger partial charge in [0, 0.05) is 44.7 Å². The molecule has 1 atom stereocenters. The summed E-state index contributed by atoms with van der Waals surface area (Å²) in [6.07, 6.45) is 2.66. The Hall–Kier alpha value is -2.60. The molecule has 31 heavy (non-hydrogen) atoms. The van der Waals surface area contributed by atoms with E-state index in [1.165, 1.54) is 0 Å². The average molecular weight is 426 g/mol.